The number of aromatic nitrogens is 2. The van der Waals surface area contributed by atoms with Crippen molar-refractivity contribution in [1.82, 2.24) is 9.97 Å². The van der Waals surface area contributed by atoms with Crippen molar-refractivity contribution in [2.24, 2.45) is 0 Å². The summed E-state index contributed by atoms with van der Waals surface area (Å²) in [5, 5.41) is 4.07. The third kappa shape index (κ3) is 4.24. The van der Waals surface area contributed by atoms with Crippen molar-refractivity contribution in [2.75, 3.05) is 11.9 Å². The number of anilines is 1. The van der Waals surface area contributed by atoms with Crippen LogP contribution < -0.4 is 5.32 Å². The maximum Gasteiger partial charge on any atom is 0.252 e. The molecule has 0 unspecified atom stereocenters. The largest absolute Gasteiger partial charge is 0.364 e. The standard InChI is InChI=1S/C20H16FN3O2S2/c1-12-19(13-6-8-14(21)9-7-13)24-20(27-12)23-17(25)10-26-11-18-22-15-4-2-3-5-16(15)28-18/h2-9H,10-11H2,1H3,(H,23,24,25). The van der Waals surface area contributed by atoms with Gasteiger partial charge >= 0.3 is 0 Å². The Labute approximate surface area is 168 Å². The number of rotatable bonds is 6. The lowest BCUT2D eigenvalue weighted by atomic mass is 10.1. The molecule has 2 heterocycles. The second kappa shape index (κ2) is 8.14. The minimum absolute atomic E-state index is 0.0829. The quantitative estimate of drug-likeness (QED) is 0.482. The molecule has 0 aliphatic carbocycles. The first-order valence-corrected chi connectivity index (χ1v) is 10.2. The minimum Gasteiger partial charge on any atom is -0.364 e. The highest BCUT2D eigenvalue weighted by atomic mass is 32.1. The van der Waals surface area contributed by atoms with E-state index in [2.05, 4.69) is 15.3 Å². The van der Waals surface area contributed by atoms with Crippen LogP contribution in [0.5, 0.6) is 0 Å². The van der Waals surface area contributed by atoms with Crippen LogP contribution in [0.2, 0.25) is 0 Å². The number of thiazole rings is 2. The van der Waals surface area contributed by atoms with Crippen LogP contribution in [0.25, 0.3) is 21.5 Å². The van der Waals surface area contributed by atoms with Crippen molar-refractivity contribution in [3.8, 4) is 11.3 Å². The second-order valence-electron chi connectivity index (χ2n) is 6.05. The van der Waals surface area contributed by atoms with E-state index >= 15 is 0 Å². The third-order valence-corrected chi connectivity index (χ3v) is 5.85. The van der Waals surface area contributed by atoms with Crippen molar-refractivity contribution in [3.63, 3.8) is 0 Å². The predicted molar refractivity (Wildman–Crippen MR) is 110 cm³/mol. The van der Waals surface area contributed by atoms with Gasteiger partial charge in [0.15, 0.2) is 5.13 Å². The number of nitrogens with zero attached hydrogens (tertiary/aromatic N) is 2. The number of nitrogens with one attached hydrogen (secondary N) is 1. The normalized spacial score (nSPS) is 11.1. The average Bonchev–Trinajstić information content (AvgIpc) is 3.25. The maximum absolute atomic E-state index is 13.1. The van der Waals surface area contributed by atoms with E-state index in [1.807, 2.05) is 31.2 Å². The van der Waals surface area contributed by atoms with Crippen LogP contribution in [0.3, 0.4) is 0 Å². The van der Waals surface area contributed by atoms with E-state index in [9.17, 15) is 9.18 Å². The maximum atomic E-state index is 13.1. The average molecular weight is 413 g/mol. The van der Waals surface area contributed by atoms with Gasteiger partial charge in [-0.15, -0.1) is 22.7 Å². The summed E-state index contributed by atoms with van der Waals surface area (Å²) in [5.41, 5.74) is 2.47. The molecule has 0 atom stereocenters. The molecular formula is C20H16FN3O2S2. The molecule has 0 saturated heterocycles. The Morgan fingerprint density at radius 1 is 1.11 bits per heavy atom. The van der Waals surface area contributed by atoms with E-state index in [0.717, 1.165) is 31.4 Å². The molecule has 28 heavy (non-hydrogen) atoms. The number of carbonyl (C=O) groups excluding carboxylic acids is 1. The molecule has 142 valence electrons. The van der Waals surface area contributed by atoms with Crippen LogP contribution in [0.15, 0.2) is 48.5 Å². The Morgan fingerprint density at radius 2 is 1.89 bits per heavy atom. The van der Waals surface area contributed by atoms with Gasteiger partial charge in [-0.05, 0) is 43.3 Å². The Bertz CT molecular complexity index is 1090. The van der Waals surface area contributed by atoms with Crippen molar-refractivity contribution < 1.29 is 13.9 Å². The van der Waals surface area contributed by atoms with E-state index in [4.69, 9.17) is 4.74 Å². The first kappa shape index (κ1) is 18.7. The molecule has 0 spiro atoms. The van der Waals surface area contributed by atoms with Gasteiger partial charge in [-0.3, -0.25) is 10.1 Å². The number of para-hydroxylation sites is 1. The van der Waals surface area contributed by atoms with Gasteiger partial charge < -0.3 is 4.74 Å². The fraction of sp³-hybridized carbons (Fsp3) is 0.150. The molecule has 0 aliphatic heterocycles. The molecule has 1 N–H and O–H groups in total. The Balaban J connectivity index is 1.33. The Kier molecular flexibility index (Phi) is 5.43. The fourth-order valence-corrected chi connectivity index (χ4v) is 4.45. The molecule has 0 bridgehead atoms. The number of hydrogen-bond acceptors (Lipinski definition) is 6. The van der Waals surface area contributed by atoms with Gasteiger partial charge in [0.05, 0.1) is 22.5 Å². The number of benzene rings is 2. The second-order valence-corrected chi connectivity index (χ2v) is 8.37. The monoisotopic (exact) mass is 413 g/mol. The van der Waals surface area contributed by atoms with E-state index in [0.29, 0.717) is 5.13 Å². The topological polar surface area (TPSA) is 64.1 Å². The highest BCUT2D eigenvalue weighted by Crippen LogP contribution is 2.30. The third-order valence-electron chi connectivity index (χ3n) is 3.96. The summed E-state index contributed by atoms with van der Waals surface area (Å²) in [5.74, 6) is -0.573. The lowest BCUT2D eigenvalue weighted by molar-refractivity contribution is -0.121. The van der Waals surface area contributed by atoms with Crippen molar-refractivity contribution >= 4 is 43.9 Å². The summed E-state index contributed by atoms with van der Waals surface area (Å²) in [6.07, 6.45) is 0. The first-order chi connectivity index (χ1) is 13.6. The molecular weight excluding hydrogens is 397 g/mol. The van der Waals surface area contributed by atoms with Gasteiger partial charge in [-0.1, -0.05) is 12.1 Å². The highest BCUT2D eigenvalue weighted by Gasteiger charge is 2.13. The summed E-state index contributed by atoms with van der Waals surface area (Å²) in [6.45, 7) is 2.11. The number of ether oxygens (including phenoxy) is 1. The smallest absolute Gasteiger partial charge is 0.252 e. The molecule has 5 nitrogen and oxygen atoms in total. The van der Waals surface area contributed by atoms with Crippen LogP contribution >= 0.6 is 22.7 Å². The van der Waals surface area contributed by atoms with Crippen LogP contribution in [0, 0.1) is 12.7 Å². The van der Waals surface area contributed by atoms with Crippen LogP contribution in [-0.4, -0.2) is 22.5 Å². The van der Waals surface area contributed by atoms with E-state index in [1.54, 1.807) is 23.5 Å². The zero-order valence-corrected chi connectivity index (χ0v) is 16.6. The van der Waals surface area contributed by atoms with Crippen molar-refractivity contribution in [1.29, 1.82) is 0 Å². The van der Waals surface area contributed by atoms with E-state index in [1.165, 1.54) is 23.5 Å². The predicted octanol–water partition coefficient (Wildman–Crippen LogP) is 5.02. The molecule has 8 heteroatoms. The summed E-state index contributed by atoms with van der Waals surface area (Å²) in [6, 6.07) is 14.0. The Hall–Kier alpha value is -2.68. The summed E-state index contributed by atoms with van der Waals surface area (Å²) in [7, 11) is 0. The fourth-order valence-electron chi connectivity index (χ4n) is 2.69. The van der Waals surface area contributed by atoms with E-state index < -0.39 is 0 Å². The summed E-state index contributed by atoms with van der Waals surface area (Å²) >= 11 is 2.92. The van der Waals surface area contributed by atoms with Crippen molar-refractivity contribution in [2.45, 2.75) is 13.5 Å². The minimum atomic E-state index is -0.296. The molecule has 4 aromatic rings. The van der Waals surface area contributed by atoms with Crippen LogP contribution in [-0.2, 0) is 16.1 Å². The number of amides is 1. The first-order valence-electron chi connectivity index (χ1n) is 8.54. The zero-order valence-electron chi connectivity index (χ0n) is 14.9. The van der Waals surface area contributed by atoms with Gasteiger partial charge in [0.25, 0.3) is 5.91 Å². The highest BCUT2D eigenvalue weighted by molar-refractivity contribution is 7.18. The molecule has 1 amide bonds. The van der Waals surface area contributed by atoms with E-state index in [-0.39, 0.29) is 24.9 Å². The molecule has 2 aromatic heterocycles. The zero-order chi connectivity index (χ0) is 19.5. The lowest BCUT2D eigenvalue weighted by Crippen LogP contribution is -2.18. The van der Waals surface area contributed by atoms with Gasteiger partial charge in [0.1, 0.15) is 17.4 Å². The molecule has 0 aliphatic rings. The Morgan fingerprint density at radius 3 is 2.68 bits per heavy atom. The molecule has 0 saturated carbocycles. The lowest BCUT2D eigenvalue weighted by Gasteiger charge is -2.02. The summed E-state index contributed by atoms with van der Waals surface area (Å²) < 4.78 is 19.7. The van der Waals surface area contributed by atoms with Crippen LogP contribution in [0.1, 0.15) is 9.88 Å². The van der Waals surface area contributed by atoms with Gasteiger partial charge in [0, 0.05) is 10.4 Å². The van der Waals surface area contributed by atoms with Gasteiger partial charge in [-0.25, -0.2) is 14.4 Å². The van der Waals surface area contributed by atoms with Gasteiger partial charge in [-0.2, -0.15) is 0 Å². The molecule has 0 radical (unpaired) electrons. The summed E-state index contributed by atoms with van der Waals surface area (Å²) in [4.78, 5) is 22.0. The van der Waals surface area contributed by atoms with Crippen LogP contribution in [0.4, 0.5) is 9.52 Å². The SMILES string of the molecule is Cc1sc(NC(=O)COCc2nc3ccccc3s2)nc1-c1ccc(F)cc1. The molecule has 0 fully saturated rings. The number of hydrogen-bond donors (Lipinski definition) is 1. The molecule has 2 aromatic carbocycles. The number of aryl methyl sites for hydroxylation is 1. The van der Waals surface area contributed by atoms with Gasteiger partial charge in [0.2, 0.25) is 0 Å². The van der Waals surface area contributed by atoms with Crippen molar-refractivity contribution in [3.05, 3.63) is 64.2 Å². The number of halogens is 1. The number of carbonyl (C=O) groups is 1. The number of fused-ring (bicyclic) bond motifs is 1. The molecule has 4 rings (SSSR count).